The number of hydrogen-bond donors (Lipinski definition) is 2. The molecule has 0 aromatic heterocycles. The Morgan fingerprint density at radius 3 is 2.28 bits per heavy atom. The van der Waals surface area contributed by atoms with Crippen molar-refractivity contribution in [3.8, 4) is 5.75 Å². The minimum absolute atomic E-state index is 0.459. The predicted molar refractivity (Wildman–Crippen MR) is 98.8 cm³/mol. The monoisotopic (exact) mass is 349 g/mol. The van der Waals surface area contributed by atoms with E-state index in [9.17, 15) is 10.2 Å². The molecular formula is C19H31N3O3. The van der Waals surface area contributed by atoms with Gasteiger partial charge in [0.25, 0.3) is 0 Å². The molecule has 0 spiro atoms. The quantitative estimate of drug-likeness (QED) is 0.725. The molecule has 1 aromatic carbocycles. The second-order valence-electron chi connectivity index (χ2n) is 6.98. The number of aliphatic hydroxyl groups excluding tert-OH is 2. The van der Waals surface area contributed by atoms with E-state index < -0.39 is 12.5 Å². The molecule has 2 atom stereocenters. The Kier molecular flexibility index (Phi) is 6.53. The number of piperazine rings is 1. The van der Waals surface area contributed by atoms with Gasteiger partial charge in [0.2, 0.25) is 0 Å². The zero-order chi connectivity index (χ0) is 17.6. The topological polar surface area (TPSA) is 59.4 Å². The van der Waals surface area contributed by atoms with Gasteiger partial charge in [-0.05, 0) is 44.4 Å². The van der Waals surface area contributed by atoms with Crippen molar-refractivity contribution in [2.24, 2.45) is 0 Å². The zero-order valence-electron chi connectivity index (χ0n) is 15.2. The minimum atomic E-state index is -0.459. The highest BCUT2D eigenvalue weighted by atomic mass is 16.5. The smallest absolute Gasteiger partial charge is 0.142 e. The SMILES string of the molecule is COc1ccccc1N1CCN(CCCCN2C(O)CCC2O)CC1. The largest absolute Gasteiger partial charge is 0.495 e. The van der Waals surface area contributed by atoms with Crippen molar-refractivity contribution in [1.29, 1.82) is 0 Å². The number of methoxy groups -OCH3 is 1. The van der Waals surface area contributed by atoms with Gasteiger partial charge in [-0.1, -0.05) is 12.1 Å². The van der Waals surface area contributed by atoms with Crippen LogP contribution >= 0.6 is 0 Å². The van der Waals surface area contributed by atoms with Gasteiger partial charge in [-0.15, -0.1) is 0 Å². The summed E-state index contributed by atoms with van der Waals surface area (Å²) in [5.41, 5.74) is 1.18. The van der Waals surface area contributed by atoms with Crippen LogP contribution in [0.25, 0.3) is 0 Å². The van der Waals surface area contributed by atoms with Crippen LogP contribution in [0.1, 0.15) is 25.7 Å². The number of aliphatic hydroxyl groups is 2. The second-order valence-corrected chi connectivity index (χ2v) is 6.98. The molecule has 25 heavy (non-hydrogen) atoms. The molecule has 0 bridgehead atoms. The standard InChI is InChI=1S/C19H31N3O3/c1-25-17-7-3-2-6-16(17)21-14-12-20(13-15-21)10-4-5-11-22-18(23)8-9-19(22)24/h2-3,6-7,18-19,23-24H,4-5,8-15H2,1H3. The van der Waals surface area contributed by atoms with Gasteiger partial charge >= 0.3 is 0 Å². The summed E-state index contributed by atoms with van der Waals surface area (Å²) >= 11 is 0. The molecule has 2 saturated heterocycles. The lowest BCUT2D eigenvalue weighted by atomic mass is 10.2. The summed E-state index contributed by atoms with van der Waals surface area (Å²) in [5, 5.41) is 19.7. The molecular weight excluding hydrogens is 318 g/mol. The Balaban J connectivity index is 1.37. The first kappa shape index (κ1) is 18.5. The molecule has 0 saturated carbocycles. The third-order valence-electron chi connectivity index (χ3n) is 5.39. The Labute approximate surface area is 150 Å². The highest BCUT2D eigenvalue weighted by Gasteiger charge is 2.29. The van der Waals surface area contributed by atoms with Crippen LogP contribution in [-0.2, 0) is 0 Å². The molecule has 0 aliphatic carbocycles. The van der Waals surface area contributed by atoms with E-state index in [2.05, 4.69) is 21.9 Å². The summed E-state index contributed by atoms with van der Waals surface area (Å²) in [7, 11) is 1.73. The molecule has 2 aliphatic rings. The Hall–Kier alpha value is -1.34. The lowest BCUT2D eigenvalue weighted by Crippen LogP contribution is -2.46. The van der Waals surface area contributed by atoms with Crippen LogP contribution in [0.5, 0.6) is 5.75 Å². The van der Waals surface area contributed by atoms with E-state index in [0.717, 1.165) is 57.9 Å². The fourth-order valence-electron chi connectivity index (χ4n) is 3.86. The average Bonchev–Trinajstić information content (AvgIpc) is 2.97. The molecule has 0 radical (unpaired) electrons. The van der Waals surface area contributed by atoms with Gasteiger partial charge in [-0.3, -0.25) is 9.80 Å². The number of ether oxygens (including phenoxy) is 1. The van der Waals surface area contributed by atoms with Crippen LogP contribution in [0.2, 0.25) is 0 Å². The van der Waals surface area contributed by atoms with Crippen LogP contribution in [0.15, 0.2) is 24.3 Å². The van der Waals surface area contributed by atoms with Crippen molar-refractivity contribution >= 4 is 5.69 Å². The van der Waals surface area contributed by atoms with Crippen molar-refractivity contribution in [2.75, 3.05) is 51.3 Å². The molecule has 140 valence electrons. The summed E-state index contributed by atoms with van der Waals surface area (Å²) in [4.78, 5) is 6.72. The molecule has 6 nitrogen and oxygen atoms in total. The van der Waals surface area contributed by atoms with Crippen LogP contribution in [-0.4, -0.2) is 78.8 Å². The van der Waals surface area contributed by atoms with E-state index >= 15 is 0 Å². The Morgan fingerprint density at radius 2 is 1.60 bits per heavy atom. The van der Waals surface area contributed by atoms with Gasteiger partial charge in [-0.25, -0.2) is 0 Å². The third kappa shape index (κ3) is 4.64. The van der Waals surface area contributed by atoms with Gasteiger partial charge in [-0.2, -0.15) is 0 Å². The molecule has 2 unspecified atom stereocenters. The normalized spacial score (nSPS) is 25.5. The number of benzene rings is 1. The summed E-state index contributed by atoms with van der Waals surface area (Å²) in [6.07, 6.45) is 2.57. The number of rotatable bonds is 7. The molecule has 2 fully saturated rings. The first-order valence-corrected chi connectivity index (χ1v) is 9.41. The van der Waals surface area contributed by atoms with Crippen LogP contribution < -0.4 is 9.64 Å². The van der Waals surface area contributed by atoms with Gasteiger partial charge in [0.1, 0.15) is 18.2 Å². The highest BCUT2D eigenvalue weighted by Crippen LogP contribution is 2.28. The molecule has 2 N–H and O–H groups in total. The Bertz CT molecular complexity index is 524. The van der Waals surface area contributed by atoms with E-state index in [1.54, 1.807) is 7.11 Å². The number of nitrogens with zero attached hydrogens (tertiary/aromatic N) is 3. The lowest BCUT2D eigenvalue weighted by Gasteiger charge is -2.36. The molecule has 2 heterocycles. The third-order valence-corrected chi connectivity index (χ3v) is 5.39. The van der Waals surface area contributed by atoms with Crippen molar-refractivity contribution in [3.63, 3.8) is 0 Å². The number of anilines is 1. The number of para-hydroxylation sites is 2. The molecule has 6 heteroatoms. The summed E-state index contributed by atoms with van der Waals surface area (Å²) in [6, 6.07) is 8.21. The zero-order valence-corrected chi connectivity index (χ0v) is 15.2. The van der Waals surface area contributed by atoms with Gasteiger partial charge in [0.15, 0.2) is 0 Å². The van der Waals surface area contributed by atoms with Crippen molar-refractivity contribution in [1.82, 2.24) is 9.80 Å². The predicted octanol–water partition coefficient (Wildman–Crippen LogP) is 1.33. The molecule has 2 aliphatic heterocycles. The van der Waals surface area contributed by atoms with Crippen LogP contribution in [0.4, 0.5) is 5.69 Å². The maximum Gasteiger partial charge on any atom is 0.142 e. The first-order chi connectivity index (χ1) is 12.2. The van der Waals surface area contributed by atoms with Crippen molar-refractivity contribution < 1.29 is 14.9 Å². The molecule has 0 amide bonds. The van der Waals surface area contributed by atoms with E-state index in [4.69, 9.17) is 4.74 Å². The van der Waals surface area contributed by atoms with E-state index in [0.29, 0.717) is 12.8 Å². The fourth-order valence-corrected chi connectivity index (χ4v) is 3.86. The minimum Gasteiger partial charge on any atom is -0.495 e. The van der Waals surface area contributed by atoms with E-state index in [1.165, 1.54) is 5.69 Å². The summed E-state index contributed by atoms with van der Waals surface area (Å²) in [6.45, 7) is 6.02. The molecule has 3 rings (SSSR count). The van der Waals surface area contributed by atoms with Crippen molar-refractivity contribution in [2.45, 2.75) is 38.1 Å². The van der Waals surface area contributed by atoms with Crippen LogP contribution in [0, 0.1) is 0 Å². The van der Waals surface area contributed by atoms with E-state index in [-0.39, 0.29) is 0 Å². The summed E-state index contributed by atoms with van der Waals surface area (Å²) in [5.74, 6) is 0.943. The van der Waals surface area contributed by atoms with Crippen LogP contribution in [0.3, 0.4) is 0 Å². The maximum absolute atomic E-state index is 9.83. The number of unbranched alkanes of at least 4 members (excludes halogenated alkanes) is 1. The summed E-state index contributed by atoms with van der Waals surface area (Å²) < 4.78 is 5.47. The Morgan fingerprint density at radius 1 is 0.960 bits per heavy atom. The maximum atomic E-state index is 9.83. The number of hydrogen-bond acceptors (Lipinski definition) is 6. The van der Waals surface area contributed by atoms with E-state index in [1.807, 2.05) is 17.0 Å². The first-order valence-electron chi connectivity index (χ1n) is 9.41. The van der Waals surface area contributed by atoms with Gasteiger partial charge in [0.05, 0.1) is 12.8 Å². The molecule has 1 aromatic rings. The van der Waals surface area contributed by atoms with Gasteiger partial charge < -0.3 is 19.8 Å². The lowest BCUT2D eigenvalue weighted by molar-refractivity contribution is -0.0536. The highest BCUT2D eigenvalue weighted by molar-refractivity contribution is 5.58. The number of likely N-dealkylation sites (tertiary alicyclic amines) is 1. The second kappa shape index (κ2) is 8.85. The van der Waals surface area contributed by atoms with Crippen molar-refractivity contribution in [3.05, 3.63) is 24.3 Å². The average molecular weight is 349 g/mol. The van der Waals surface area contributed by atoms with Gasteiger partial charge in [0, 0.05) is 32.7 Å². The fraction of sp³-hybridized carbons (Fsp3) is 0.684.